The van der Waals surface area contributed by atoms with Gasteiger partial charge < -0.3 is 19.9 Å². The number of anilines is 1. The summed E-state index contributed by atoms with van der Waals surface area (Å²) >= 11 is 0. The number of nitriles is 1. The third-order valence-electron chi connectivity index (χ3n) is 6.39. The highest BCUT2D eigenvalue weighted by Gasteiger charge is 2.42. The number of halogens is 1. The zero-order chi connectivity index (χ0) is 29.0. The Labute approximate surface area is 229 Å². The van der Waals surface area contributed by atoms with Gasteiger partial charge in [-0.15, -0.1) is 0 Å². The second-order valence-electron chi connectivity index (χ2n) is 8.60. The predicted octanol–water partition coefficient (Wildman–Crippen LogP) is 4.18. The molecule has 9 nitrogen and oxygen atoms in total. The van der Waals surface area contributed by atoms with Gasteiger partial charge in [-0.05, 0) is 47.0 Å². The molecule has 1 atom stereocenters. The van der Waals surface area contributed by atoms with Crippen molar-refractivity contribution < 1.29 is 33.0 Å². The summed E-state index contributed by atoms with van der Waals surface area (Å²) in [6, 6.07) is 20.9. The minimum Gasteiger partial charge on any atom is -0.466 e. The van der Waals surface area contributed by atoms with E-state index >= 15 is 0 Å². The lowest BCUT2D eigenvalue weighted by Crippen LogP contribution is -2.40. The lowest BCUT2D eigenvalue weighted by molar-refractivity contribution is -0.139. The summed E-state index contributed by atoms with van der Waals surface area (Å²) in [5.74, 6) is -4.12. The van der Waals surface area contributed by atoms with E-state index < -0.39 is 29.6 Å². The molecule has 0 aliphatic carbocycles. The van der Waals surface area contributed by atoms with Crippen LogP contribution >= 0.6 is 0 Å². The molecule has 0 saturated heterocycles. The largest absolute Gasteiger partial charge is 0.466 e. The molecular formula is C30H24FN3O6. The third kappa shape index (κ3) is 5.00. The van der Waals surface area contributed by atoms with E-state index in [0.29, 0.717) is 22.4 Å². The van der Waals surface area contributed by atoms with Gasteiger partial charge in [-0.1, -0.05) is 42.5 Å². The molecule has 202 valence electrons. The molecule has 0 amide bonds. The molecule has 2 N–H and O–H groups in total. The molecule has 1 heterocycles. The Balaban J connectivity index is 1.91. The van der Waals surface area contributed by atoms with Crippen molar-refractivity contribution in [2.24, 2.45) is 5.73 Å². The maximum Gasteiger partial charge on any atom is 0.355 e. The summed E-state index contributed by atoms with van der Waals surface area (Å²) < 4.78 is 29.0. The van der Waals surface area contributed by atoms with Crippen molar-refractivity contribution in [1.29, 1.82) is 5.26 Å². The molecular weight excluding hydrogens is 517 g/mol. The molecule has 1 aliphatic rings. The minimum atomic E-state index is -0.993. The molecule has 0 saturated carbocycles. The summed E-state index contributed by atoms with van der Waals surface area (Å²) in [7, 11) is 3.53. The van der Waals surface area contributed by atoms with E-state index in [4.69, 9.17) is 19.9 Å². The van der Waals surface area contributed by atoms with E-state index in [1.807, 2.05) is 0 Å². The molecule has 3 aromatic rings. The van der Waals surface area contributed by atoms with Gasteiger partial charge in [0.2, 0.25) is 0 Å². The number of nitrogens with zero attached hydrogens (tertiary/aromatic N) is 2. The quantitative estimate of drug-likeness (QED) is 0.361. The molecule has 0 fully saturated rings. The average molecular weight is 542 g/mol. The van der Waals surface area contributed by atoms with Crippen LogP contribution in [0.3, 0.4) is 0 Å². The van der Waals surface area contributed by atoms with Crippen molar-refractivity contribution in [3.8, 4) is 17.2 Å². The summed E-state index contributed by atoms with van der Waals surface area (Å²) in [4.78, 5) is 39.5. The van der Waals surface area contributed by atoms with Crippen molar-refractivity contribution in [3.05, 3.63) is 112 Å². The van der Waals surface area contributed by atoms with Gasteiger partial charge in [0.1, 0.15) is 17.3 Å². The number of carbonyl (C=O) groups is 3. The van der Waals surface area contributed by atoms with Crippen LogP contribution in [0.2, 0.25) is 0 Å². The Bertz CT molecular complexity index is 1590. The van der Waals surface area contributed by atoms with Gasteiger partial charge in [-0.25, -0.2) is 18.8 Å². The van der Waals surface area contributed by atoms with Crippen LogP contribution in [0, 0.1) is 17.1 Å². The van der Waals surface area contributed by atoms with Crippen LogP contribution in [-0.4, -0.2) is 39.2 Å². The van der Waals surface area contributed by atoms with Crippen LogP contribution in [0.25, 0.3) is 11.1 Å². The van der Waals surface area contributed by atoms with Gasteiger partial charge in [-0.2, -0.15) is 5.26 Å². The normalized spacial score (nSPS) is 14.9. The topological polar surface area (TPSA) is 132 Å². The molecule has 3 aromatic carbocycles. The molecule has 1 aliphatic heterocycles. The molecule has 40 heavy (non-hydrogen) atoms. The van der Waals surface area contributed by atoms with Crippen LogP contribution in [0.4, 0.5) is 10.1 Å². The number of rotatable bonds is 6. The summed E-state index contributed by atoms with van der Waals surface area (Å²) in [6.07, 6.45) is 0. The molecule has 0 aromatic heterocycles. The van der Waals surface area contributed by atoms with E-state index in [2.05, 4.69) is 6.07 Å². The van der Waals surface area contributed by atoms with E-state index in [0.717, 1.165) is 13.2 Å². The van der Waals surface area contributed by atoms with Gasteiger partial charge in [0.15, 0.2) is 0 Å². The zero-order valence-electron chi connectivity index (χ0n) is 21.8. The highest BCUT2D eigenvalue weighted by Crippen LogP contribution is 2.43. The van der Waals surface area contributed by atoms with Crippen molar-refractivity contribution in [2.45, 2.75) is 5.92 Å². The molecule has 0 radical (unpaired) electrons. The molecule has 0 spiro atoms. The van der Waals surface area contributed by atoms with Crippen LogP contribution in [0.15, 0.2) is 95.5 Å². The minimum absolute atomic E-state index is 0.0242. The Morgan fingerprint density at radius 2 is 1.48 bits per heavy atom. The Morgan fingerprint density at radius 1 is 0.850 bits per heavy atom. The highest BCUT2D eigenvalue weighted by atomic mass is 19.1. The molecule has 0 bridgehead atoms. The number of allylic oxidation sites excluding steroid dienone is 1. The maximum atomic E-state index is 14.3. The third-order valence-corrected chi connectivity index (χ3v) is 6.39. The second-order valence-corrected chi connectivity index (χ2v) is 8.60. The SMILES string of the molecule is COC(=O)C1=C(C(=O)OC)N(c2ccc(-c3cc(F)cc(C(=O)OC)c3)cc2)C(N)=C(C#N)C1c1ccccc1. The van der Waals surface area contributed by atoms with E-state index in [-0.39, 0.29) is 28.2 Å². The van der Waals surface area contributed by atoms with E-state index in [1.54, 1.807) is 54.6 Å². The smallest absolute Gasteiger partial charge is 0.355 e. The number of hydrogen-bond donors (Lipinski definition) is 1. The average Bonchev–Trinajstić information content (AvgIpc) is 2.99. The number of methoxy groups -OCH3 is 3. The number of nitrogens with two attached hydrogens (primary N) is 1. The fraction of sp³-hybridized carbons (Fsp3) is 0.133. The van der Waals surface area contributed by atoms with Crippen LogP contribution in [0.5, 0.6) is 0 Å². The van der Waals surface area contributed by atoms with Gasteiger partial charge in [0, 0.05) is 5.69 Å². The lowest BCUT2D eigenvalue weighted by Gasteiger charge is -2.36. The Hall–Kier alpha value is -5.43. The van der Waals surface area contributed by atoms with Gasteiger partial charge in [0.25, 0.3) is 0 Å². The first kappa shape index (κ1) is 27.6. The van der Waals surface area contributed by atoms with E-state index in [9.17, 15) is 24.0 Å². The summed E-state index contributed by atoms with van der Waals surface area (Å²) in [5.41, 5.74) is 8.02. The van der Waals surface area contributed by atoms with Crippen molar-refractivity contribution in [2.75, 3.05) is 26.2 Å². The number of ether oxygens (including phenoxy) is 3. The van der Waals surface area contributed by atoms with Crippen LogP contribution in [0.1, 0.15) is 21.8 Å². The summed E-state index contributed by atoms with van der Waals surface area (Å²) in [6.45, 7) is 0. The lowest BCUT2D eigenvalue weighted by atomic mass is 9.81. The second kappa shape index (κ2) is 11.5. The van der Waals surface area contributed by atoms with Crippen LogP contribution < -0.4 is 10.6 Å². The molecule has 10 heteroatoms. The molecule has 4 rings (SSSR count). The number of benzene rings is 3. The first-order valence-corrected chi connectivity index (χ1v) is 11.9. The fourth-order valence-corrected chi connectivity index (χ4v) is 4.58. The van der Waals surface area contributed by atoms with Gasteiger partial charge >= 0.3 is 17.9 Å². The Morgan fingerprint density at radius 3 is 2.05 bits per heavy atom. The standard InChI is InChI=1S/C30H24FN3O6/c1-38-28(35)20-13-19(14-21(31)15-20)17-9-11-22(12-10-17)34-26(30(37)40-3)25(29(36)39-2)24(23(16-32)27(34)33)18-7-5-4-6-8-18/h4-15,24H,33H2,1-3H3. The van der Waals surface area contributed by atoms with Gasteiger partial charge in [-0.3, -0.25) is 4.90 Å². The van der Waals surface area contributed by atoms with E-state index in [1.165, 1.54) is 31.3 Å². The van der Waals surface area contributed by atoms with Gasteiger partial charge in [0.05, 0.1) is 50.0 Å². The maximum absolute atomic E-state index is 14.3. The first-order valence-electron chi connectivity index (χ1n) is 11.9. The zero-order valence-corrected chi connectivity index (χ0v) is 21.8. The highest BCUT2D eigenvalue weighted by molar-refractivity contribution is 6.06. The monoisotopic (exact) mass is 541 g/mol. The van der Waals surface area contributed by atoms with Crippen molar-refractivity contribution in [3.63, 3.8) is 0 Å². The first-order chi connectivity index (χ1) is 19.2. The number of carbonyl (C=O) groups excluding carboxylic acids is 3. The van der Waals surface area contributed by atoms with Crippen molar-refractivity contribution >= 4 is 23.6 Å². The molecule has 1 unspecified atom stereocenters. The van der Waals surface area contributed by atoms with Crippen molar-refractivity contribution in [1.82, 2.24) is 0 Å². The summed E-state index contributed by atoms with van der Waals surface area (Å²) in [5, 5.41) is 10.1. The number of esters is 3. The van der Waals surface area contributed by atoms with Crippen LogP contribution in [-0.2, 0) is 23.8 Å². The predicted molar refractivity (Wildman–Crippen MR) is 143 cm³/mol. The Kier molecular flexibility index (Phi) is 7.96. The fourth-order valence-electron chi connectivity index (χ4n) is 4.58. The number of hydrogen-bond acceptors (Lipinski definition) is 9.